The minimum Gasteiger partial charge on any atom is -0.343 e. The maximum atomic E-state index is 13.5. The number of H-pyrrole nitrogens is 1. The van der Waals surface area contributed by atoms with Crippen molar-refractivity contribution in [3.8, 4) is 11.3 Å². The molecular formula is C41H31FN6O. The third-order valence-electron chi connectivity index (χ3n) is 9.06. The van der Waals surface area contributed by atoms with Crippen molar-refractivity contribution in [2.45, 2.75) is 18.5 Å². The number of hydrogen-bond acceptors (Lipinski definition) is 4. The van der Waals surface area contributed by atoms with Gasteiger partial charge >= 0.3 is 0 Å². The number of hydrogen-bond donors (Lipinski definition) is 2. The lowest BCUT2D eigenvalue weighted by Gasteiger charge is -2.37. The third-order valence-corrected chi connectivity index (χ3v) is 9.06. The van der Waals surface area contributed by atoms with Crippen LogP contribution in [0.15, 0.2) is 152 Å². The van der Waals surface area contributed by atoms with Crippen LogP contribution in [0.1, 0.15) is 45.8 Å². The molecule has 0 fully saturated rings. The van der Waals surface area contributed by atoms with Gasteiger partial charge in [0.1, 0.15) is 17.1 Å². The molecule has 3 aromatic heterocycles. The highest BCUT2D eigenvalue weighted by Crippen LogP contribution is 2.44. The number of aromatic amines is 1. The summed E-state index contributed by atoms with van der Waals surface area (Å²) in [6, 6.07) is 44.9. The molecule has 7 nitrogen and oxygen atoms in total. The fourth-order valence-electron chi connectivity index (χ4n) is 6.71. The molecule has 3 heterocycles. The number of amides is 1. The summed E-state index contributed by atoms with van der Waals surface area (Å²) < 4.78 is 15.6. The number of imidazole rings is 1. The van der Waals surface area contributed by atoms with E-state index in [0.717, 1.165) is 44.4 Å². The summed E-state index contributed by atoms with van der Waals surface area (Å²) in [6.07, 6.45) is 3.52. The highest BCUT2D eigenvalue weighted by Gasteiger charge is 2.41. The molecule has 49 heavy (non-hydrogen) atoms. The summed E-state index contributed by atoms with van der Waals surface area (Å²) in [5.74, 6) is -0.505. The van der Waals surface area contributed by atoms with Crippen LogP contribution in [0.5, 0.6) is 0 Å². The van der Waals surface area contributed by atoms with Crippen LogP contribution in [0.3, 0.4) is 0 Å². The first-order valence-electron chi connectivity index (χ1n) is 16.1. The average Bonchev–Trinajstić information content (AvgIpc) is 3.75. The monoisotopic (exact) mass is 642 g/mol. The van der Waals surface area contributed by atoms with Gasteiger partial charge in [-0.2, -0.15) is 5.10 Å². The van der Waals surface area contributed by atoms with E-state index in [1.54, 1.807) is 24.5 Å². The van der Waals surface area contributed by atoms with E-state index < -0.39 is 5.54 Å². The molecule has 2 N–H and O–H groups in total. The predicted molar refractivity (Wildman–Crippen MR) is 190 cm³/mol. The fourth-order valence-corrected chi connectivity index (χ4v) is 6.71. The number of rotatable bonds is 8. The maximum Gasteiger partial charge on any atom is 0.287 e. The quantitative estimate of drug-likeness (QED) is 0.163. The molecule has 0 saturated carbocycles. The summed E-state index contributed by atoms with van der Waals surface area (Å²) in [5, 5.41) is 9.31. The first-order valence-corrected chi connectivity index (χ1v) is 16.1. The predicted octanol–water partition coefficient (Wildman–Crippen LogP) is 8.44. The van der Waals surface area contributed by atoms with Crippen molar-refractivity contribution in [2.75, 3.05) is 0 Å². The van der Waals surface area contributed by atoms with Crippen LogP contribution in [0, 0.1) is 5.82 Å². The number of nitrogens with one attached hydrogen (secondary N) is 2. The first kappa shape index (κ1) is 30.0. The maximum absolute atomic E-state index is 13.5. The van der Waals surface area contributed by atoms with Gasteiger partial charge in [0.05, 0.1) is 22.6 Å². The van der Waals surface area contributed by atoms with E-state index in [4.69, 9.17) is 10.1 Å². The number of benzene rings is 5. The van der Waals surface area contributed by atoms with Crippen LogP contribution >= 0.6 is 0 Å². The standard InChI is InChI=1S/C41H31FN6O/c1-27(28-17-19-33(42)20-18-28)44-40(49)39-45-35-25-34-37(26-36(35)46-39)48(47-38(34)29-21-23-43-24-22-29)41(30-11-5-2-6-12-30,31-13-7-3-8-14-31)32-15-9-4-10-16-32/h2-27H,1H3,(H,44,49)(H,45,46)/t27-/m1/s1. The molecule has 0 saturated heterocycles. The van der Waals surface area contributed by atoms with Crippen LogP contribution in [-0.4, -0.2) is 30.6 Å². The summed E-state index contributed by atoms with van der Waals surface area (Å²) in [4.78, 5) is 25.7. The van der Waals surface area contributed by atoms with Crippen molar-refractivity contribution in [1.29, 1.82) is 0 Å². The van der Waals surface area contributed by atoms with Crippen molar-refractivity contribution < 1.29 is 9.18 Å². The smallest absolute Gasteiger partial charge is 0.287 e. The molecule has 8 rings (SSSR count). The second kappa shape index (κ2) is 12.3. The van der Waals surface area contributed by atoms with E-state index in [9.17, 15) is 9.18 Å². The molecule has 0 radical (unpaired) electrons. The lowest BCUT2D eigenvalue weighted by molar-refractivity contribution is 0.0930. The molecule has 0 aliphatic carbocycles. The second-order valence-corrected chi connectivity index (χ2v) is 12.0. The van der Waals surface area contributed by atoms with Crippen LogP contribution in [0.25, 0.3) is 33.2 Å². The molecule has 0 unspecified atom stereocenters. The van der Waals surface area contributed by atoms with Crippen molar-refractivity contribution in [3.63, 3.8) is 0 Å². The van der Waals surface area contributed by atoms with Gasteiger partial charge in [0.25, 0.3) is 5.91 Å². The van der Waals surface area contributed by atoms with Crippen LogP contribution in [0.4, 0.5) is 4.39 Å². The molecule has 0 aliphatic rings. The van der Waals surface area contributed by atoms with E-state index in [2.05, 4.69) is 92.8 Å². The van der Waals surface area contributed by atoms with E-state index in [0.29, 0.717) is 11.0 Å². The van der Waals surface area contributed by atoms with Gasteiger partial charge in [-0.15, -0.1) is 0 Å². The Morgan fingerprint density at radius 2 is 1.35 bits per heavy atom. The van der Waals surface area contributed by atoms with Gasteiger partial charge in [-0.1, -0.05) is 103 Å². The Kier molecular flexibility index (Phi) is 7.53. The molecule has 5 aromatic carbocycles. The Balaban J connectivity index is 1.37. The van der Waals surface area contributed by atoms with Gasteiger partial charge in [-0.25, -0.2) is 14.1 Å². The second-order valence-electron chi connectivity index (χ2n) is 12.0. The Morgan fingerprint density at radius 3 is 1.92 bits per heavy atom. The van der Waals surface area contributed by atoms with Gasteiger partial charge in [0.15, 0.2) is 5.82 Å². The number of carbonyl (C=O) groups excluding carboxylic acids is 1. The van der Waals surface area contributed by atoms with Gasteiger partial charge in [0, 0.05) is 23.3 Å². The van der Waals surface area contributed by atoms with E-state index >= 15 is 0 Å². The number of pyridine rings is 1. The highest BCUT2D eigenvalue weighted by molar-refractivity contribution is 6.03. The Hall–Kier alpha value is -6.41. The molecule has 0 spiro atoms. The third kappa shape index (κ3) is 5.23. The van der Waals surface area contributed by atoms with Gasteiger partial charge in [-0.3, -0.25) is 9.78 Å². The SMILES string of the molecule is C[C@@H](NC(=O)c1nc2cc3c(-c4ccncc4)nn(C(c4ccccc4)(c4ccccc4)c4ccccc4)c3cc2[nH]1)c1ccc(F)cc1. The largest absolute Gasteiger partial charge is 0.343 e. The highest BCUT2D eigenvalue weighted by atomic mass is 19.1. The van der Waals surface area contributed by atoms with Gasteiger partial charge in [-0.05, 0) is 65.6 Å². The van der Waals surface area contributed by atoms with Crippen molar-refractivity contribution in [1.82, 2.24) is 30.0 Å². The van der Waals surface area contributed by atoms with Crippen LogP contribution < -0.4 is 5.32 Å². The lowest BCUT2D eigenvalue weighted by atomic mass is 9.77. The lowest BCUT2D eigenvalue weighted by Crippen LogP contribution is -2.38. The number of fused-ring (bicyclic) bond motifs is 2. The molecule has 1 amide bonds. The zero-order valence-corrected chi connectivity index (χ0v) is 26.6. The van der Waals surface area contributed by atoms with Crippen molar-refractivity contribution in [2.24, 2.45) is 0 Å². The van der Waals surface area contributed by atoms with Crippen molar-refractivity contribution in [3.05, 3.63) is 186 Å². The minimum absolute atomic E-state index is 0.182. The number of carbonyl (C=O) groups is 1. The number of halogens is 1. The Labute approximate surface area is 282 Å². The number of nitrogens with zero attached hydrogens (tertiary/aromatic N) is 4. The molecule has 8 heteroatoms. The fraction of sp³-hybridized carbons (Fsp3) is 0.0732. The molecule has 0 aliphatic heterocycles. The van der Waals surface area contributed by atoms with E-state index in [-0.39, 0.29) is 23.6 Å². The van der Waals surface area contributed by atoms with Crippen LogP contribution in [0.2, 0.25) is 0 Å². The van der Waals surface area contributed by atoms with E-state index in [1.807, 2.05) is 49.4 Å². The Morgan fingerprint density at radius 1 is 0.776 bits per heavy atom. The Bertz CT molecular complexity index is 2290. The van der Waals surface area contributed by atoms with E-state index in [1.165, 1.54) is 12.1 Å². The first-order chi connectivity index (χ1) is 24.0. The normalized spacial score (nSPS) is 12.3. The topological polar surface area (TPSA) is 88.5 Å². The van der Waals surface area contributed by atoms with Crippen LogP contribution in [-0.2, 0) is 5.54 Å². The molecule has 238 valence electrons. The summed E-state index contributed by atoms with van der Waals surface area (Å²) in [5.41, 5.74) is 6.89. The van der Waals surface area contributed by atoms with Gasteiger partial charge in [0.2, 0.25) is 0 Å². The zero-order chi connectivity index (χ0) is 33.4. The summed E-state index contributed by atoms with van der Waals surface area (Å²) >= 11 is 0. The minimum atomic E-state index is -0.869. The molecular weight excluding hydrogens is 611 g/mol. The average molecular weight is 643 g/mol. The molecule has 8 aromatic rings. The molecule has 0 bridgehead atoms. The zero-order valence-electron chi connectivity index (χ0n) is 26.6. The summed E-state index contributed by atoms with van der Waals surface area (Å²) in [7, 11) is 0. The molecule has 1 atom stereocenters. The summed E-state index contributed by atoms with van der Waals surface area (Å²) in [6.45, 7) is 1.86. The van der Waals surface area contributed by atoms with Gasteiger partial charge < -0.3 is 10.3 Å². The number of aromatic nitrogens is 5. The van der Waals surface area contributed by atoms with Crippen molar-refractivity contribution >= 4 is 27.8 Å².